The van der Waals surface area contributed by atoms with Crippen LogP contribution < -0.4 is 5.32 Å². The van der Waals surface area contributed by atoms with E-state index in [-0.39, 0.29) is 12.0 Å². The number of hydrogen-bond acceptors (Lipinski definition) is 2. The lowest BCUT2D eigenvalue weighted by molar-refractivity contribution is 0.138. The number of benzene rings is 3. The molecule has 144 valence electrons. The van der Waals surface area contributed by atoms with Crippen molar-refractivity contribution < 1.29 is 9.53 Å². The van der Waals surface area contributed by atoms with Crippen LogP contribution in [0.2, 0.25) is 0 Å². The van der Waals surface area contributed by atoms with Gasteiger partial charge in [0.15, 0.2) is 0 Å². The largest absolute Gasteiger partial charge is 0.449 e. The van der Waals surface area contributed by atoms with Crippen LogP contribution in [0.3, 0.4) is 0 Å². The highest BCUT2D eigenvalue weighted by atomic mass is 16.5. The quantitative estimate of drug-likeness (QED) is 0.558. The van der Waals surface area contributed by atoms with E-state index in [2.05, 4.69) is 35.5 Å². The van der Waals surface area contributed by atoms with Crippen molar-refractivity contribution in [3.05, 3.63) is 95.6 Å². The Morgan fingerprint density at radius 2 is 1.52 bits per heavy atom. The molecule has 1 aliphatic carbocycles. The van der Waals surface area contributed by atoms with E-state index in [0.717, 1.165) is 5.56 Å². The van der Waals surface area contributed by atoms with E-state index in [1.807, 2.05) is 54.6 Å². The second-order valence-corrected chi connectivity index (χ2v) is 7.18. The second-order valence-electron chi connectivity index (χ2n) is 7.18. The van der Waals surface area contributed by atoms with E-state index in [0.29, 0.717) is 19.4 Å². The van der Waals surface area contributed by atoms with Crippen molar-refractivity contribution in [1.82, 2.24) is 5.32 Å². The highest BCUT2D eigenvalue weighted by Gasteiger charge is 2.29. The molecule has 3 heteroatoms. The zero-order chi connectivity index (χ0) is 20.1. The van der Waals surface area contributed by atoms with Crippen molar-refractivity contribution in [2.24, 2.45) is 0 Å². The molecule has 0 radical (unpaired) electrons. The molecule has 3 aromatic carbocycles. The van der Waals surface area contributed by atoms with Crippen molar-refractivity contribution in [2.75, 3.05) is 6.61 Å². The molecule has 0 saturated heterocycles. The summed E-state index contributed by atoms with van der Waals surface area (Å²) < 4.78 is 5.67. The van der Waals surface area contributed by atoms with Crippen LogP contribution in [0.5, 0.6) is 0 Å². The van der Waals surface area contributed by atoms with Crippen molar-refractivity contribution in [3.8, 4) is 23.5 Å². The minimum Gasteiger partial charge on any atom is -0.449 e. The molecule has 3 aromatic rings. The Morgan fingerprint density at radius 1 is 0.931 bits per heavy atom. The molecule has 1 amide bonds. The predicted molar refractivity (Wildman–Crippen MR) is 115 cm³/mol. The number of fused-ring (bicyclic) bond motifs is 3. The lowest BCUT2D eigenvalue weighted by Gasteiger charge is -2.20. The maximum absolute atomic E-state index is 12.6. The van der Waals surface area contributed by atoms with E-state index in [9.17, 15) is 4.79 Å². The first kappa shape index (κ1) is 18.8. The zero-order valence-electron chi connectivity index (χ0n) is 16.2. The normalized spacial score (nSPS) is 13.1. The van der Waals surface area contributed by atoms with Crippen molar-refractivity contribution in [3.63, 3.8) is 0 Å². The van der Waals surface area contributed by atoms with Crippen LogP contribution >= 0.6 is 0 Å². The molecule has 0 heterocycles. The predicted octanol–water partition coefficient (Wildman–Crippen LogP) is 5.68. The van der Waals surface area contributed by atoms with Gasteiger partial charge in [-0.3, -0.25) is 0 Å². The molecular formula is C26H23NO2. The summed E-state index contributed by atoms with van der Waals surface area (Å²) in [5, 5.41) is 2.98. The molecule has 1 atom stereocenters. The fraction of sp³-hybridized carbons (Fsp3) is 0.192. The molecule has 1 unspecified atom stereocenters. The van der Waals surface area contributed by atoms with Crippen LogP contribution in [0.4, 0.5) is 4.79 Å². The number of alkyl carbamates (subject to hydrolysis) is 1. The summed E-state index contributed by atoms with van der Waals surface area (Å²) in [6, 6.07) is 26.3. The van der Waals surface area contributed by atoms with Crippen molar-refractivity contribution >= 4 is 6.09 Å². The van der Waals surface area contributed by atoms with Crippen LogP contribution in [-0.4, -0.2) is 12.7 Å². The molecule has 0 bridgehead atoms. The van der Waals surface area contributed by atoms with Crippen LogP contribution in [-0.2, 0) is 4.74 Å². The van der Waals surface area contributed by atoms with E-state index >= 15 is 0 Å². The summed E-state index contributed by atoms with van der Waals surface area (Å²) in [5.41, 5.74) is 5.86. The van der Waals surface area contributed by atoms with Gasteiger partial charge in [0.2, 0.25) is 0 Å². The fourth-order valence-corrected chi connectivity index (χ4v) is 4.02. The Kier molecular flexibility index (Phi) is 5.63. The molecule has 3 nitrogen and oxygen atoms in total. The highest BCUT2D eigenvalue weighted by molar-refractivity contribution is 5.79. The Balaban J connectivity index is 1.46. The topological polar surface area (TPSA) is 38.3 Å². The van der Waals surface area contributed by atoms with Gasteiger partial charge in [0, 0.05) is 12.3 Å². The van der Waals surface area contributed by atoms with Crippen LogP contribution in [0.1, 0.15) is 41.5 Å². The number of rotatable bonds is 6. The summed E-state index contributed by atoms with van der Waals surface area (Å²) in [6.45, 7) is 0.302. The molecular weight excluding hydrogens is 358 g/mol. The minimum atomic E-state index is -0.419. The first-order chi connectivity index (χ1) is 14.3. The number of nitrogens with one attached hydrogen (secondary N) is 1. The standard InChI is InChI=1S/C26H23NO2/c1-2-3-17-25(19-11-5-4-6-12-19)27-26(28)29-18-24-22-15-9-7-13-20(22)21-14-8-10-16-23(21)24/h1,4-16,24-25H,3,17-18H2,(H,27,28). The number of carbonyl (C=O) groups is 1. The lowest BCUT2D eigenvalue weighted by atomic mass is 9.98. The zero-order valence-corrected chi connectivity index (χ0v) is 16.2. The maximum Gasteiger partial charge on any atom is 0.407 e. The molecule has 0 spiro atoms. The summed E-state index contributed by atoms with van der Waals surface area (Å²) in [4.78, 5) is 12.6. The maximum atomic E-state index is 12.6. The number of carbonyl (C=O) groups excluding carboxylic acids is 1. The summed E-state index contributed by atoms with van der Waals surface area (Å²) in [7, 11) is 0. The fourth-order valence-electron chi connectivity index (χ4n) is 4.02. The summed E-state index contributed by atoms with van der Waals surface area (Å²) in [5.74, 6) is 2.70. The van der Waals surface area contributed by atoms with Gasteiger partial charge in [0.1, 0.15) is 6.61 Å². The number of terminal acetylenes is 1. The van der Waals surface area contributed by atoms with Gasteiger partial charge < -0.3 is 10.1 Å². The van der Waals surface area contributed by atoms with Gasteiger partial charge in [0.25, 0.3) is 0 Å². The Hall–Kier alpha value is -3.51. The highest BCUT2D eigenvalue weighted by Crippen LogP contribution is 2.44. The van der Waals surface area contributed by atoms with Gasteiger partial charge >= 0.3 is 6.09 Å². The monoisotopic (exact) mass is 381 g/mol. The minimum absolute atomic E-state index is 0.0500. The third-order valence-corrected chi connectivity index (χ3v) is 5.42. The SMILES string of the molecule is C#CCCC(NC(=O)OCC1c2ccccc2-c2ccccc21)c1ccccc1. The van der Waals surface area contributed by atoms with Crippen molar-refractivity contribution in [2.45, 2.75) is 24.8 Å². The molecule has 0 aliphatic heterocycles. The molecule has 1 N–H and O–H groups in total. The molecule has 29 heavy (non-hydrogen) atoms. The molecule has 0 aromatic heterocycles. The van der Waals surface area contributed by atoms with Crippen LogP contribution in [0.15, 0.2) is 78.9 Å². The molecule has 0 saturated carbocycles. The summed E-state index contributed by atoms with van der Waals surface area (Å²) >= 11 is 0. The number of hydrogen-bond donors (Lipinski definition) is 1. The molecule has 1 aliphatic rings. The van der Waals surface area contributed by atoms with Gasteiger partial charge in [0.05, 0.1) is 6.04 Å². The second kappa shape index (κ2) is 8.67. The third kappa shape index (κ3) is 4.02. The van der Waals surface area contributed by atoms with Gasteiger partial charge in [-0.05, 0) is 34.2 Å². The third-order valence-electron chi connectivity index (χ3n) is 5.42. The molecule has 4 rings (SSSR count). The first-order valence-corrected chi connectivity index (χ1v) is 9.88. The molecule has 0 fully saturated rings. The Labute approximate surface area is 171 Å². The van der Waals surface area contributed by atoms with Crippen molar-refractivity contribution in [1.29, 1.82) is 0 Å². The average Bonchev–Trinajstić information content (AvgIpc) is 3.09. The first-order valence-electron chi connectivity index (χ1n) is 9.88. The van der Waals surface area contributed by atoms with E-state index < -0.39 is 6.09 Å². The number of ether oxygens (including phenoxy) is 1. The van der Waals surface area contributed by atoms with Gasteiger partial charge in [-0.25, -0.2) is 4.79 Å². The van der Waals surface area contributed by atoms with Gasteiger partial charge in [-0.15, -0.1) is 12.3 Å². The Morgan fingerprint density at radius 3 is 2.14 bits per heavy atom. The smallest absolute Gasteiger partial charge is 0.407 e. The van der Waals surface area contributed by atoms with Gasteiger partial charge in [-0.1, -0.05) is 78.9 Å². The number of amides is 1. The van der Waals surface area contributed by atoms with Gasteiger partial charge in [-0.2, -0.15) is 0 Å². The lowest BCUT2D eigenvalue weighted by Crippen LogP contribution is -2.30. The van der Waals surface area contributed by atoms with E-state index in [4.69, 9.17) is 11.2 Å². The average molecular weight is 381 g/mol. The van der Waals surface area contributed by atoms with E-state index in [1.165, 1.54) is 22.3 Å². The summed E-state index contributed by atoms with van der Waals surface area (Å²) in [6.07, 6.45) is 6.26. The van der Waals surface area contributed by atoms with Crippen LogP contribution in [0.25, 0.3) is 11.1 Å². The van der Waals surface area contributed by atoms with Crippen LogP contribution in [0, 0.1) is 12.3 Å². The Bertz CT molecular complexity index is 990. The van der Waals surface area contributed by atoms with E-state index in [1.54, 1.807) is 0 Å².